The zero-order valence-electron chi connectivity index (χ0n) is 11.8. The Balaban J connectivity index is 2.14. The van der Waals surface area contributed by atoms with E-state index < -0.39 is 5.97 Å². The van der Waals surface area contributed by atoms with E-state index in [-0.39, 0.29) is 11.0 Å². The van der Waals surface area contributed by atoms with Crippen LogP contribution >= 0.6 is 11.6 Å². The number of rotatable bonds is 2. The van der Waals surface area contributed by atoms with Crippen molar-refractivity contribution in [2.24, 2.45) is 0 Å². The molecule has 0 aromatic heterocycles. The number of aromatic carboxylic acids is 1. The van der Waals surface area contributed by atoms with Crippen molar-refractivity contribution in [3.05, 3.63) is 52.5 Å². The average Bonchev–Trinajstić information content (AvgIpc) is 2.74. The molecular formula is C17H15ClO3. The number of hydrogen-bond acceptors (Lipinski definition) is 2. The van der Waals surface area contributed by atoms with E-state index in [1.807, 2.05) is 18.2 Å². The predicted molar refractivity (Wildman–Crippen MR) is 82.4 cm³/mol. The molecule has 0 spiro atoms. The molecule has 0 saturated heterocycles. The minimum absolute atomic E-state index is 0.0533. The number of hydrogen-bond donors (Lipinski definition) is 1. The molecule has 0 radical (unpaired) electrons. The summed E-state index contributed by atoms with van der Waals surface area (Å²) in [7, 11) is 0. The molecule has 0 saturated carbocycles. The Morgan fingerprint density at radius 1 is 1.24 bits per heavy atom. The molecule has 1 aliphatic rings. The molecule has 4 heteroatoms. The lowest BCUT2D eigenvalue weighted by molar-refractivity contribution is 0.0697. The van der Waals surface area contributed by atoms with Gasteiger partial charge in [-0.15, -0.1) is 0 Å². The highest BCUT2D eigenvalue weighted by molar-refractivity contribution is 6.33. The first-order chi connectivity index (χ1) is 9.88. The van der Waals surface area contributed by atoms with Gasteiger partial charge in [0.1, 0.15) is 5.75 Å². The third-order valence-electron chi connectivity index (χ3n) is 3.82. The highest BCUT2D eigenvalue weighted by atomic mass is 35.5. The summed E-state index contributed by atoms with van der Waals surface area (Å²) in [5.74, 6) is -0.0769. The first-order valence-electron chi connectivity index (χ1n) is 6.69. The zero-order valence-corrected chi connectivity index (χ0v) is 12.6. The lowest BCUT2D eigenvalue weighted by Gasteiger charge is -2.16. The van der Waals surface area contributed by atoms with Crippen LogP contribution in [0.25, 0.3) is 11.1 Å². The van der Waals surface area contributed by atoms with Crippen molar-refractivity contribution in [2.45, 2.75) is 19.3 Å². The third kappa shape index (κ3) is 2.38. The van der Waals surface area contributed by atoms with Gasteiger partial charge in [-0.3, -0.25) is 0 Å². The molecule has 108 valence electrons. The normalized spacial score (nSPS) is 15.4. The topological polar surface area (TPSA) is 46.5 Å². The van der Waals surface area contributed by atoms with Crippen LogP contribution in [0, 0.1) is 0 Å². The molecule has 0 amide bonds. The molecule has 1 heterocycles. The lowest BCUT2D eigenvalue weighted by atomic mass is 9.85. The Kier molecular flexibility index (Phi) is 3.18. The van der Waals surface area contributed by atoms with E-state index in [4.69, 9.17) is 21.4 Å². The minimum atomic E-state index is -0.960. The van der Waals surface area contributed by atoms with Crippen LogP contribution in [0.3, 0.4) is 0 Å². The van der Waals surface area contributed by atoms with Crippen LogP contribution < -0.4 is 4.74 Å². The molecule has 0 unspecified atom stereocenters. The molecule has 21 heavy (non-hydrogen) atoms. The summed E-state index contributed by atoms with van der Waals surface area (Å²) >= 11 is 6.23. The highest BCUT2D eigenvalue weighted by Gasteiger charge is 2.32. The van der Waals surface area contributed by atoms with E-state index in [1.54, 1.807) is 12.1 Å². The first kappa shape index (κ1) is 14.0. The molecule has 0 aliphatic carbocycles. The molecule has 1 N–H and O–H groups in total. The highest BCUT2D eigenvalue weighted by Crippen LogP contribution is 2.41. The van der Waals surface area contributed by atoms with Crippen LogP contribution in [-0.4, -0.2) is 17.7 Å². The molecule has 0 fully saturated rings. The second-order valence-corrected chi connectivity index (χ2v) is 6.29. The number of carboxylic acids is 1. The lowest BCUT2D eigenvalue weighted by Crippen LogP contribution is -2.18. The molecule has 0 bridgehead atoms. The molecule has 2 aromatic rings. The van der Waals surface area contributed by atoms with E-state index in [0.29, 0.717) is 11.6 Å². The van der Waals surface area contributed by atoms with Crippen molar-refractivity contribution in [1.82, 2.24) is 0 Å². The summed E-state index contributed by atoms with van der Waals surface area (Å²) in [6, 6.07) is 10.6. The number of ether oxygens (including phenoxy) is 1. The van der Waals surface area contributed by atoms with Crippen LogP contribution in [0.4, 0.5) is 0 Å². The first-order valence-corrected chi connectivity index (χ1v) is 7.07. The largest absolute Gasteiger partial charge is 0.492 e. The average molecular weight is 303 g/mol. The molecule has 2 aromatic carbocycles. The Morgan fingerprint density at radius 2 is 2.00 bits per heavy atom. The van der Waals surface area contributed by atoms with Crippen molar-refractivity contribution in [2.75, 3.05) is 6.61 Å². The predicted octanol–water partition coefficient (Wildman–Crippen LogP) is 4.38. The smallest absolute Gasteiger partial charge is 0.335 e. The van der Waals surface area contributed by atoms with Gasteiger partial charge in [-0.2, -0.15) is 0 Å². The standard InChI is InChI=1S/C17H15ClO3/c1-17(2)9-21-15-6-4-10(8-13(15)17)12-7-11(16(19)20)3-5-14(12)18/h3-8H,9H2,1-2H3,(H,19,20). The van der Waals surface area contributed by atoms with E-state index >= 15 is 0 Å². The van der Waals surface area contributed by atoms with Crippen molar-refractivity contribution < 1.29 is 14.6 Å². The number of carbonyl (C=O) groups is 1. The maximum atomic E-state index is 11.1. The van der Waals surface area contributed by atoms with E-state index in [9.17, 15) is 4.79 Å². The Bertz CT molecular complexity index is 735. The van der Waals surface area contributed by atoms with Gasteiger partial charge < -0.3 is 9.84 Å². The number of carboxylic acid groups (broad SMARTS) is 1. The summed E-state index contributed by atoms with van der Waals surface area (Å²) in [4.78, 5) is 11.1. The second-order valence-electron chi connectivity index (χ2n) is 5.88. The van der Waals surface area contributed by atoms with Gasteiger partial charge >= 0.3 is 5.97 Å². The summed E-state index contributed by atoms with van der Waals surface area (Å²) in [5.41, 5.74) is 2.92. The maximum Gasteiger partial charge on any atom is 0.335 e. The van der Waals surface area contributed by atoms with Gasteiger partial charge in [0.15, 0.2) is 0 Å². The van der Waals surface area contributed by atoms with Gasteiger partial charge in [0.25, 0.3) is 0 Å². The molecule has 1 aliphatic heterocycles. The second kappa shape index (κ2) is 4.78. The monoisotopic (exact) mass is 302 g/mol. The zero-order chi connectivity index (χ0) is 15.2. The molecule has 3 nitrogen and oxygen atoms in total. The summed E-state index contributed by atoms with van der Waals surface area (Å²) in [5, 5.41) is 9.66. The van der Waals surface area contributed by atoms with Crippen molar-refractivity contribution >= 4 is 17.6 Å². The van der Waals surface area contributed by atoms with Crippen molar-refractivity contribution in [3.8, 4) is 16.9 Å². The van der Waals surface area contributed by atoms with Gasteiger partial charge in [0.05, 0.1) is 12.2 Å². The number of benzene rings is 2. The maximum absolute atomic E-state index is 11.1. The van der Waals surface area contributed by atoms with Crippen molar-refractivity contribution in [3.63, 3.8) is 0 Å². The van der Waals surface area contributed by atoms with Crippen LogP contribution in [0.2, 0.25) is 5.02 Å². The Morgan fingerprint density at radius 3 is 2.71 bits per heavy atom. The van der Waals surface area contributed by atoms with Gasteiger partial charge in [-0.25, -0.2) is 4.79 Å². The van der Waals surface area contributed by atoms with E-state index in [0.717, 1.165) is 22.4 Å². The van der Waals surface area contributed by atoms with E-state index in [1.165, 1.54) is 6.07 Å². The Hall–Kier alpha value is -2.00. The van der Waals surface area contributed by atoms with Crippen LogP contribution in [-0.2, 0) is 5.41 Å². The Labute approximate surface area is 128 Å². The fourth-order valence-corrected chi connectivity index (χ4v) is 2.79. The number of fused-ring (bicyclic) bond motifs is 1. The summed E-state index contributed by atoms with van der Waals surface area (Å²) in [6.07, 6.45) is 0. The van der Waals surface area contributed by atoms with Crippen LogP contribution in [0.5, 0.6) is 5.75 Å². The quantitative estimate of drug-likeness (QED) is 0.895. The van der Waals surface area contributed by atoms with Gasteiger partial charge in [-0.05, 0) is 35.9 Å². The van der Waals surface area contributed by atoms with Gasteiger partial charge in [0, 0.05) is 21.6 Å². The van der Waals surface area contributed by atoms with Crippen LogP contribution in [0.1, 0.15) is 29.8 Å². The summed E-state index contributed by atoms with van der Waals surface area (Å²) in [6.45, 7) is 4.89. The molecule has 3 rings (SSSR count). The van der Waals surface area contributed by atoms with E-state index in [2.05, 4.69) is 13.8 Å². The molecular weight excluding hydrogens is 288 g/mol. The molecule has 0 atom stereocenters. The minimum Gasteiger partial charge on any atom is -0.492 e. The fourth-order valence-electron chi connectivity index (χ4n) is 2.57. The van der Waals surface area contributed by atoms with Crippen molar-refractivity contribution in [1.29, 1.82) is 0 Å². The van der Waals surface area contributed by atoms with Crippen LogP contribution in [0.15, 0.2) is 36.4 Å². The SMILES string of the molecule is CC1(C)COc2ccc(-c3cc(C(=O)O)ccc3Cl)cc21. The third-order valence-corrected chi connectivity index (χ3v) is 4.15. The van der Waals surface area contributed by atoms with Gasteiger partial charge in [-0.1, -0.05) is 31.5 Å². The fraction of sp³-hybridized carbons (Fsp3) is 0.235. The summed E-state index contributed by atoms with van der Waals surface area (Å²) < 4.78 is 5.67. The van der Waals surface area contributed by atoms with Gasteiger partial charge in [0.2, 0.25) is 0 Å². The number of halogens is 1.